The van der Waals surface area contributed by atoms with Gasteiger partial charge in [0.15, 0.2) is 0 Å². The molecule has 0 aromatic heterocycles. The van der Waals surface area contributed by atoms with Crippen molar-refractivity contribution in [2.24, 2.45) is 0 Å². The number of ether oxygens (including phenoxy) is 1. The first-order valence-electron chi connectivity index (χ1n) is 9.50. The van der Waals surface area contributed by atoms with E-state index in [0.717, 1.165) is 37.2 Å². The van der Waals surface area contributed by atoms with Gasteiger partial charge in [-0.3, -0.25) is 4.79 Å². The van der Waals surface area contributed by atoms with Gasteiger partial charge in [0, 0.05) is 24.3 Å². The van der Waals surface area contributed by atoms with Crippen molar-refractivity contribution in [1.29, 1.82) is 0 Å². The topological polar surface area (TPSA) is 79.5 Å². The van der Waals surface area contributed by atoms with Gasteiger partial charge in [0.1, 0.15) is 18.2 Å². The van der Waals surface area contributed by atoms with Gasteiger partial charge in [0.05, 0.1) is 20.1 Å². The van der Waals surface area contributed by atoms with Crippen LogP contribution in [0, 0.1) is 0 Å². The smallest absolute Gasteiger partial charge is 0.408 e. The number of nitrogens with zero attached hydrogens (tertiary/aromatic N) is 1. The van der Waals surface area contributed by atoms with Gasteiger partial charge in [-0.1, -0.05) is 12.1 Å². The summed E-state index contributed by atoms with van der Waals surface area (Å²) in [7, 11) is 2.28. The average Bonchev–Trinajstić information content (AvgIpc) is 2.55. The third kappa shape index (κ3) is 7.19. The zero-order chi connectivity index (χ0) is 20.1. The van der Waals surface area contributed by atoms with Gasteiger partial charge in [-0.05, 0) is 39.8 Å². The second-order valence-corrected chi connectivity index (χ2v) is 8.53. The zero-order valence-corrected chi connectivity index (χ0v) is 17.1. The summed E-state index contributed by atoms with van der Waals surface area (Å²) in [6, 6.07) is 7.22. The highest BCUT2D eigenvalue weighted by Crippen LogP contribution is 2.16. The molecular weight excluding hydrogens is 344 g/mol. The Morgan fingerprint density at radius 2 is 1.78 bits per heavy atom. The van der Waals surface area contributed by atoms with E-state index in [0.29, 0.717) is 5.69 Å². The van der Waals surface area contributed by atoms with Gasteiger partial charge in [0.25, 0.3) is 0 Å². The maximum absolute atomic E-state index is 12.3. The average molecular weight is 378 g/mol. The van der Waals surface area contributed by atoms with Crippen molar-refractivity contribution in [1.82, 2.24) is 10.6 Å². The molecule has 0 radical (unpaired) electrons. The summed E-state index contributed by atoms with van der Waals surface area (Å²) in [5.41, 5.74) is 1.36. The molecule has 0 bridgehead atoms. The monoisotopic (exact) mass is 377 g/mol. The van der Waals surface area contributed by atoms with Crippen molar-refractivity contribution in [3.05, 3.63) is 29.8 Å². The molecule has 1 heterocycles. The molecule has 1 atom stereocenters. The minimum absolute atomic E-state index is 0.283. The van der Waals surface area contributed by atoms with E-state index in [9.17, 15) is 9.59 Å². The fraction of sp³-hybridized carbons (Fsp3) is 0.600. The summed E-state index contributed by atoms with van der Waals surface area (Å²) >= 11 is 0. The number of piperazine rings is 1. The normalized spacial score (nSPS) is 17.7. The number of hydrogen-bond acceptors (Lipinski definition) is 4. The molecule has 0 spiro atoms. The van der Waals surface area contributed by atoms with Gasteiger partial charge >= 0.3 is 6.09 Å². The van der Waals surface area contributed by atoms with E-state index < -0.39 is 17.7 Å². The first kappa shape index (κ1) is 21.2. The number of likely N-dealkylation sites (N-methyl/N-ethyl adjacent to an activating group) is 1. The van der Waals surface area contributed by atoms with Gasteiger partial charge in [0.2, 0.25) is 5.91 Å². The minimum Gasteiger partial charge on any atom is -0.444 e. The van der Waals surface area contributed by atoms with Gasteiger partial charge in [-0.25, -0.2) is 4.79 Å². The van der Waals surface area contributed by atoms with Crippen molar-refractivity contribution in [3.63, 3.8) is 0 Å². The first-order valence-corrected chi connectivity index (χ1v) is 9.50. The van der Waals surface area contributed by atoms with E-state index in [1.165, 1.54) is 5.56 Å². The molecule has 7 heteroatoms. The molecule has 1 aromatic rings. The van der Waals surface area contributed by atoms with Gasteiger partial charge in [-0.2, -0.15) is 0 Å². The number of benzene rings is 1. The Hall–Kier alpha value is -2.12. The van der Waals surface area contributed by atoms with Crippen molar-refractivity contribution < 1.29 is 18.8 Å². The van der Waals surface area contributed by atoms with Crippen molar-refractivity contribution in [2.45, 2.75) is 45.9 Å². The zero-order valence-electron chi connectivity index (χ0n) is 17.1. The number of hydrogen-bond donors (Lipinski definition) is 3. The number of alkyl carbamates (subject to hydrolysis) is 1. The number of amides is 2. The molecule has 1 aliphatic heterocycles. The van der Waals surface area contributed by atoms with Gasteiger partial charge < -0.3 is 25.2 Å². The van der Waals surface area contributed by atoms with E-state index in [1.807, 2.05) is 24.3 Å². The van der Waals surface area contributed by atoms with E-state index in [2.05, 4.69) is 23.0 Å². The molecule has 1 unspecified atom stereocenters. The van der Waals surface area contributed by atoms with Crippen LogP contribution in [0.5, 0.6) is 0 Å². The Labute approximate surface area is 162 Å². The largest absolute Gasteiger partial charge is 0.444 e. The Kier molecular flexibility index (Phi) is 6.84. The van der Waals surface area contributed by atoms with Crippen LogP contribution in [0.15, 0.2) is 24.3 Å². The lowest BCUT2D eigenvalue weighted by Gasteiger charge is -2.38. The maximum atomic E-state index is 12.3. The van der Waals surface area contributed by atoms with Crippen molar-refractivity contribution >= 4 is 17.7 Å². The molecule has 2 amide bonds. The summed E-state index contributed by atoms with van der Waals surface area (Å²) in [5, 5.41) is 8.76. The van der Waals surface area contributed by atoms with E-state index >= 15 is 0 Å². The van der Waals surface area contributed by atoms with Crippen LogP contribution in [-0.4, -0.2) is 61.4 Å². The third-order valence-corrected chi connectivity index (χ3v) is 4.57. The highest BCUT2D eigenvalue weighted by molar-refractivity contribution is 5.96. The van der Waals surface area contributed by atoms with Crippen LogP contribution in [0.4, 0.5) is 10.5 Å². The molecule has 1 aromatic carbocycles. The van der Waals surface area contributed by atoms with E-state index in [-0.39, 0.29) is 5.91 Å². The Bertz CT molecular complexity index is 646. The summed E-state index contributed by atoms with van der Waals surface area (Å²) in [6.45, 7) is 12.3. The van der Waals surface area contributed by atoms with Crippen molar-refractivity contribution in [2.75, 3.05) is 38.5 Å². The number of anilines is 1. The van der Waals surface area contributed by atoms with Crippen LogP contribution >= 0.6 is 0 Å². The number of nitrogens with one attached hydrogen (secondary N) is 3. The number of quaternary nitrogens is 1. The molecule has 150 valence electrons. The molecular formula is C20H33N4O3+. The SMILES string of the molecule is CC(NC(=O)OC(C)(C)C)C(=O)Nc1ccc(C[N+]2(C)CCNCC2)cc1. The number of carbonyl (C=O) groups is 2. The molecule has 0 aliphatic carbocycles. The molecule has 27 heavy (non-hydrogen) atoms. The van der Waals surface area contributed by atoms with Crippen LogP contribution < -0.4 is 16.0 Å². The molecule has 1 aliphatic rings. The fourth-order valence-electron chi connectivity index (χ4n) is 3.03. The summed E-state index contributed by atoms with van der Waals surface area (Å²) in [4.78, 5) is 24.0. The summed E-state index contributed by atoms with van der Waals surface area (Å²) in [5.74, 6) is -0.283. The summed E-state index contributed by atoms with van der Waals surface area (Å²) in [6.07, 6.45) is -0.603. The molecule has 1 fully saturated rings. The van der Waals surface area contributed by atoms with Crippen LogP contribution in [0.3, 0.4) is 0 Å². The molecule has 0 saturated carbocycles. The van der Waals surface area contributed by atoms with Crippen LogP contribution in [0.25, 0.3) is 0 Å². The minimum atomic E-state index is -0.690. The Morgan fingerprint density at radius 3 is 2.33 bits per heavy atom. The van der Waals surface area contributed by atoms with E-state index in [4.69, 9.17) is 4.74 Å². The maximum Gasteiger partial charge on any atom is 0.408 e. The lowest BCUT2D eigenvalue weighted by atomic mass is 10.1. The van der Waals surface area contributed by atoms with Gasteiger partial charge in [-0.15, -0.1) is 0 Å². The lowest BCUT2D eigenvalue weighted by molar-refractivity contribution is -0.924. The van der Waals surface area contributed by atoms with Crippen LogP contribution in [0.1, 0.15) is 33.3 Å². The quantitative estimate of drug-likeness (QED) is 0.687. The number of rotatable bonds is 5. The fourth-order valence-corrected chi connectivity index (χ4v) is 3.03. The lowest BCUT2D eigenvalue weighted by Crippen LogP contribution is -2.55. The number of carbonyl (C=O) groups excluding carboxylic acids is 2. The van der Waals surface area contributed by atoms with E-state index in [1.54, 1.807) is 27.7 Å². The molecule has 2 rings (SSSR count). The molecule has 3 N–H and O–H groups in total. The highest BCUT2D eigenvalue weighted by Gasteiger charge is 2.25. The summed E-state index contributed by atoms with van der Waals surface area (Å²) < 4.78 is 6.19. The van der Waals surface area contributed by atoms with Crippen molar-refractivity contribution in [3.8, 4) is 0 Å². The molecule has 1 saturated heterocycles. The predicted octanol–water partition coefficient (Wildman–Crippen LogP) is 2.09. The third-order valence-electron chi connectivity index (χ3n) is 4.57. The Balaban J connectivity index is 1.86. The molecule has 7 nitrogen and oxygen atoms in total. The second-order valence-electron chi connectivity index (χ2n) is 8.53. The van der Waals surface area contributed by atoms with Crippen LogP contribution in [0.2, 0.25) is 0 Å². The van der Waals surface area contributed by atoms with Crippen LogP contribution in [-0.2, 0) is 16.1 Å². The second kappa shape index (κ2) is 8.71. The highest BCUT2D eigenvalue weighted by atomic mass is 16.6. The Morgan fingerprint density at radius 1 is 1.19 bits per heavy atom. The standard InChI is InChI=1S/C20H32N4O3/c1-15(22-19(26)27-20(2,3)4)18(25)23-17-8-6-16(7-9-17)14-24(5)12-10-21-11-13-24/h6-9,15,21H,10-14H2,1-5H3,(H-,22,23,25,26)/p+1. The predicted molar refractivity (Wildman–Crippen MR) is 106 cm³/mol. The first-order chi connectivity index (χ1) is 12.6.